The lowest BCUT2D eigenvalue weighted by atomic mass is 9.75. The van der Waals surface area contributed by atoms with Gasteiger partial charge in [0, 0.05) is 42.5 Å². The van der Waals surface area contributed by atoms with Gasteiger partial charge in [0.1, 0.15) is 12.1 Å². The van der Waals surface area contributed by atoms with Crippen LogP contribution in [0.1, 0.15) is 88.4 Å². The number of nitrogens with zero attached hydrogens (tertiary/aromatic N) is 4. The van der Waals surface area contributed by atoms with Gasteiger partial charge in [0.2, 0.25) is 0 Å². The van der Waals surface area contributed by atoms with Crippen molar-refractivity contribution in [2.75, 3.05) is 0 Å². The van der Waals surface area contributed by atoms with Crippen molar-refractivity contribution in [2.45, 2.75) is 81.3 Å². The minimum atomic E-state index is -0.310. The zero-order valence-corrected chi connectivity index (χ0v) is 34.6. The van der Waals surface area contributed by atoms with E-state index in [1.165, 1.54) is 11.1 Å². The lowest BCUT2D eigenvalue weighted by Crippen LogP contribution is -2.24. The number of rotatable bonds is 9. The molecule has 0 bridgehead atoms. The third kappa shape index (κ3) is 8.82. The smallest absolute Gasteiger partial charge is 0.184 e. The zero-order chi connectivity index (χ0) is 38.9. The second kappa shape index (κ2) is 15.6. The number of carbonyl (C=O) groups excluding carboxylic acids is 2. The van der Waals surface area contributed by atoms with Crippen LogP contribution in [-0.2, 0) is 9.59 Å². The zero-order valence-electron chi connectivity index (χ0n) is 33.0. The van der Waals surface area contributed by atoms with Gasteiger partial charge in [-0.1, -0.05) is 101 Å². The van der Waals surface area contributed by atoms with Crippen LogP contribution < -0.4 is 0 Å². The van der Waals surface area contributed by atoms with Gasteiger partial charge >= 0.3 is 0 Å². The highest BCUT2D eigenvalue weighted by Crippen LogP contribution is 2.46. The van der Waals surface area contributed by atoms with E-state index in [0.717, 1.165) is 53.2 Å². The molecule has 0 N–H and O–H groups in total. The van der Waals surface area contributed by atoms with Crippen LogP contribution >= 0.6 is 22.7 Å². The Morgan fingerprint density at radius 1 is 0.500 bits per heavy atom. The predicted octanol–water partition coefficient (Wildman–Crippen LogP) is 14.0. The molecule has 2 aromatic heterocycles. The molecule has 2 aliphatic rings. The minimum Gasteiger partial charge on any atom is -0.289 e. The molecule has 8 heteroatoms. The van der Waals surface area contributed by atoms with Crippen LogP contribution in [-0.4, -0.2) is 11.6 Å². The molecule has 0 fully saturated rings. The Morgan fingerprint density at radius 3 is 1.19 bits per heavy atom. The summed E-state index contributed by atoms with van der Waals surface area (Å²) >= 11 is 3.41. The van der Waals surface area contributed by atoms with Gasteiger partial charge in [0.15, 0.2) is 11.6 Å². The molecule has 2 aliphatic carbocycles. The number of Topliss-reactive ketones (excluding diaryl/α,β-unsaturated/α-hetero) is 2. The van der Waals surface area contributed by atoms with E-state index in [9.17, 15) is 9.59 Å². The van der Waals surface area contributed by atoms with Crippen molar-refractivity contribution in [3.8, 4) is 9.75 Å². The van der Waals surface area contributed by atoms with Crippen LogP contribution in [0.3, 0.4) is 0 Å². The van der Waals surface area contributed by atoms with Gasteiger partial charge in [0.25, 0.3) is 0 Å². The lowest BCUT2D eigenvalue weighted by molar-refractivity contribution is -0.114. The first-order valence-corrected chi connectivity index (χ1v) is 20.2. The Kier molecular flexibility index (Phi) is 11.3. The summed E-state index contributed by atoms with van der Waals surface area (Å²) in [5, 5.41) is 19.3. The topological polar surface area (TPSA) is 83.6 Å². The summed E-state index contributed by atoms with van der Waals surface area (Å²) in [5.74, 6) is -0.0689. The first-order valence-electron chi connectivity index (χ1n) is 18.5. The third-order valence-electron chi connectivity index (χ3n) is 9.90. The van der Waals surface area contributed by atoms with Crippen LogP contribution in [0.15, 0.2) is 140 Å². The summed E-state index contributed by atoms with van der Waals surface area (Å²) in [6.45, 7) is 20.4. The number of allylic oxidation sites excluding steroid dienone is 4. The van der Waals surface area contributed by atoms with Crippen molar-refractivity contribution in [1.29, 1.82) is 0 Å². The monoisotopic (exact) mass is 754 g/mol. The maximum Gasteiger partial charge on any atom is 0.184 e. The third-order valence-corrected chi connectivity index (χ3v) is 12.4. The molecule has 4 aromatic rings. The van der Waals surface area contributed by atoms with Gasteiger partial charge in [-0.15, -0.1) is 22.7 Å². The van der Waals surface area contributed by atoms with E-state index in [2.05, 4.69) is 91.8 Å². The van der Waals surface area contributed by atoms with Crippen molar-refractivity contribution in [3.05, 3.63) is 140 Å². The number of aryl methyl sites for hydroxylation is 2. The number of hydrogen-bond acceptors (Lipinski definition) is 8. The molecule has 0 amide bonds. The lowest BCUT2D eigenvalue weighted by Gasteiger charge is -2.29. The molecule has 4 unspecified atom stereocenters. The van der Waals surface area contributed by atoms with E-state index >= 15 is 0 Å². The number of carbonyl (C=O) groups is 2. The summed E-state index contributed by atoms with van der Waals surface area (Å²) in [7, 11) is 0. The van der Waals surface area contributed by atoms with Gasteiger partial charge in [0.05, 0.1) is 11.4 Å². The molecule has 0 saturated carbocycles. The standard InChI is InChI=1S/C46H50N4O2S2/c1-27-11-15-33(16-12-27)47-49-41(31-23-29(3)43(51)35(25-31)45(5,6)7)39-21-19-37(53-39)38-20-22-40(54-38)42(50-48-34-17-13-28(2)14-18-34)32-24-30(4)44(52)36(26-32)46(8,9)10/h11-26,31-32,41-42H,1-10H3. The Bertz CT molecular complexity index is 2070. The fraction of sp³-hybridized carbons (Fsp3) is 0.348. The summed E-state index contributed by atoms with van der Waals surface area (Å²) in [4.78, 5) is 30.9. The largest absolute Gasteiger partial charge is 0.289 e. The molecular formula is C46H50N4O2S2. The number of hydrogen-bond donors (Lipinski definition) is 0. The normalized spacial score (nSPS) is 19.5. The molecule has 6 rings (SSSR count). The van der Waals surface area contributed by atoms with Crippen LogP contribution in [0, 0.1) is 36.5 Å². The van der Waals surface area contributed by atoms with Crippen molar-refractivity contribution >= 4 is 45.6 Å². The fourth-order valence-electron chi connectivity index (χ4n) is 6.75. The molecule has 6 nitrogen and oxygen atoms in total. The maximum atomic E-state index is 13.3. The Hall–Kier alpha value is -4.66. The highest BCUT2D eigenvalue weighted by atomic mass is 32.1. The molecule has 2 aromatic carbocycles. The van der Waals surface area contributed by atoms with E-state index in [1.54, 1.807) is 22.7 Å². The maximum absolute atomic E-state index is 13.3. The molecule has 4 atom stereocenters. The van der Waals surface area contributed by atoms with Gasteiger partial charge in [-0.3, -0.25) is 9.59 Å². The second-order valence-corrected chi connectivity index (χ2v) is 18.8. The summed E-state index contributed by atoms with van der Waals surface area (Å²) in [5.41, 5.74) is 6.42. The van der Waals surface area contributed by atoms with Crippen LogP contribution in [0.5, 0.6) is 0 Å². The quantitative estimate of drug-likeness (QED) is 0.159. The van der Waals surface area contributed by atoms with Gasteiger partial charge in [-0.25, -0.2) is 0 Å². The van der Waals surface area contributed by atoms with Gasteiger partial charge in [-0.2, -0.15) is 20.5 Å². The number of ketones is 2. The molecule has 2 heterocycles. The van der Waals surface area contributed by atoms with E-state index in [-0.39, 0.29) is 46.3 Å². The molecular weight excluding hydrogens is 705 g/mol. The molecule has 0 spiro atoms. The Balaban J connectivity index is 1.38. The van der Waals surface area contributed by atoms with E-state index in [1.807, 2.05) is 74.5 Å². The number of azo groups is 2. The second-order valence-electron chi connectivity index (χ2n) is 16.6. The van der Waals surface area contributed by atoms with Crippen molar-refractivity contribution in [3.63, 3.8) is 0 Å². The number of benzene rings is 2. The van der Waals surface area contributed by atoms with E-state index in [0.29, 0.717) is 0 Å². The minimum absolute atomic E-state index is 0.0943. The van der Waals surface area contributed by atoms with Crippen molar-refractivity contribution in [2.24, 2.45) is 43.1 Å². The van der Waals surface area contributed by atoms with E-state index < -0.39 is 0 Å². The average molecular weight is 755 g/mol. The summed E-state index contributed by atoms with van der Waals surface area (Å²) < 4.78 is 0. The predicted molar refractivity (Wildman–Crippen MR) is 224 cm³/mol. The molecule has 278 valence electrons. The first-order chi connectivity index (χ1) is 25.5. The molecule has 0 radical (unpaired) electrons. The Labute approximate surface area is 328 Å². The molecule has 54 heavy (non-hydrogen) atoms. The molecule has 0 saturated heterocycles. The van der Waals surface area contributed by atoms with Crippen LogP contribution in [0.25, 0.3) is 9.75 Å². The van der Waals surface area contributed by atoms with Crippen molar-refractivity contribution in [1.82, 2.24) is 0 Å². The average Bonchev–Trinajstić information content (AvgIpc) is 3.79. The molecule has 0 aliphatic heterocycles. The van der Waals surface area contributed by atoms with Crippen LogP contribution in [0.2, 0.25) is 0 Å². The first kappa shape index (κ1) is 39.0. The summed E-state index contributed by atoms with van der Waals surface area (Å²) in [6, 6.07) is 24.1. The summed E-state index contributed by atoms with van der Waals surface area (Å²) in [6.07, 6.45) is 8.30. The van der Waals surface area contributed by atoms with E-state index in [4.69, 9.17) is 20.5 Å². The Morgan fingerprint density at radius 2 is 0.852 bits per heavy atom. The SMILES string of the molecule is CC1=CC(C(N=Nc2ccc(C)cc2)c2ccc(-c3ccc(C(N=Nc4ccc(C)cc4)C4C=C(C)C(=O)C(C(C)(C)C)=C4)s3)s2)C=C(C(C)(C)C)C1=O. The van der Waals surface area contributed by atoms with Crippen LogP contribution in [0.4, 0.5) is 11.4 Å². The van der Waals surface area contributed by atoms with Crippen molar-refractivity contribution < 1.29 is 9.59 Å². The highest BCUT2D eigenvalue weighted by molar-refractivity contribution is 7.22. The highest BCUT2D eigenvalue weighted by Gasteiger charge is 2.35. The fourth-order valence-corrected chi connectivity index (χ4v) is 9.04. The van der Waals surface area contributed by atoms with Gasteiger partial charge < -0.3 is 0 Å². The van der Waals surface area contributed by atoms with Gasteiger partial charge in [-0.05, 0) is 98.2 Å². The number of thiophene rings is 2.